The summed E-state index contributed by atoms with van der Waals surface area (Å²) in [6.45, 7) is 10.1. The first-order chi connectivity index (χ1) is 6.49. The fourth-order valence-electron chi connectivity index (χ4n) is 1.26. The van der Waals surface area contributed by atoms with Crippen molar-refractivity contribution in [3.63, 3.8) is 0 Å². The molecule has 1 radical (unpaired) electrons. The fourth-order valence-corrected chi connectivity index (χ4v) is 2.01. The number of amides is 1. The van der Waals surface area contributed by atoms with Crippen LogP contribution in [0.3, 0.4) is 0 Å². The van der Waals surface area contributed by atoms with Crippen LogP contribution >= 0.6 is 0 Å². The fraction of sp³-hybridized carbons (Fsp3) is 0.800. The maximum Gasteiger partial charge on any atom is 0.224 e. The number of hydrogen-bond donors (Lipinski definition) is 0. The average Bonchev–Trinajstić information content (AvgIpc) is 2.44. The van der Waals surface area contributed by atoms with Gasteiger partial charge in [0.15, 0.2) is 0 Å². The lowest BCUT2D eigenvalue weighted by Gasteiger charge is -2.18. The average molecular weight is 214 g/mol. The summed E-state index contributed by atoms with van der Waals surface area (Å²) in [5.74, 6) is 0.193. The van der Waals surface area contributed by atoms with Gasteiger partial charge in [0.25, 0.3) is 0 Å². The lowest BCUT2D eigenvalue weighted by Crippen LogP contribution is -2.27. The molecule has 0 N–H and O–H groups in total. The van der Waals surface area contributed by atoms with Crippen molar-refractivity contribution >= 4 is 14.0 Å². The van der Waals surface area contributed by atoms with Gasteiger partial charge in [-0.1, -0.05) is 19.6 Å². The van der Waals surface area contributed by atoms with Crippen LogP contribution in [0, 0.1) is 6.54 Å². The Morgan fingerprint density at radius 2 is 2.21 bits per heavy atom. The third-order valence-electron chi connectivity index (χ3n) is 2.25. The Morgan fingerprint density at radius 3 is 2.71 bits per heavy atom. The van der Waals surface area contributed by atoms with Gasteiger partial charge in [0, 0.05) is 21.1 Å². The molecule has 0 aromatic heterocycles. The van der Waals surface area contributed by atoms with Crippen LogP contribution in [0.1, 0.15) is 12.8 Å². The van der Waals surface area contributed by atoms with E-state index >= 15 is 0 Å². The number of carbonyl (C=O) groups is 1. The predicted molar refractivity (Wildman–Crippen MR) is 59.4 cm³/mol. The Morgan fingerprint density at radius 1 is 1.50 bits per heavy atom. The van der Waals surface area contributed by atoms with Crippen LogP contribution in [-0.2, 0) is 9.53 Å². The normalized spacial score (nSPS) is 17.9. The molecule has 0 saturated carbocycles. The highest BCUT2D eigenvalue weighted by molar-refractivity contribution is 6.76. The van der Waals surface area contributed by atoms with Crippen LogP contribution in [0.4, 0.5) is 0 Å². The summed E-state index contributed by atoms with van der Waals surface area (Å²) in [7, 11) is -0.990. The molecule has 0 aliphatic carbocycles. The predicted octanol–water partition coefficient (Wildman–Crippen LogP) is 2.08. The Hall–Kier alpha value is -0.353. The number of ether oxygens (including phenoxy) is 1. The van der Waals surface area contributed by atoms with Crippen molar-refractivity contribution in [2.75, 3.05) is 13.3 Å². The maximum atomic E-state index is 11.2. The van der Waals surface area contributed by atoms with Crippen molar-refractivity contribution in [3.05, 3.63) is 6.54 Å². The zero-order chi connectivity index (χ0) is 10.6. The lowest BCUT2D eigenvalue weighted by atomic mass is 10.4. The largest absolute Gasteiger partial charge is 0.361 e. The van der Waals surface area contributed by atoms with Gasteiger partial charge in [-0.15, -0.1) is 0 Å². The van der Waals surface area contributed by atoms with Gasteiger partial charge in [-0.2, -0.15) is 0 Å². The Kier molecular flexibility index (Phi) is 4.13. The van der Waals surface area contributed by atoms with E-state index in [0.717, 1.165) is 19.1 Å². The van der Waals surface area contributed by atoms with Gasteiger partial charge in [-0.05, 0) is 12.5 Å². The zero-order valence-corrected chi connectivity index (χ0v) is 10.4. The summed E-state index contributed by atoms with van der Waals surface area (Å²) in [5, 5.41) is 0. The van der Waals surface area contributed by atoms with Gasteiger partial charge in [0.1, 0.15) is 6.73 Å². The maximum absolute atomic E-state index is 11.2. The zero-order valence-electron chi connectivity index (χ0n) is 9.38. The second-order valence-corrected chi connectivity index (χ2v) is 10.6. The Balaban J connectivity index is 2.07. The van der Waals surface area contributed by atoms with Crippen molar-refractivity contribution < 1.29 is 9.53 Å². The van der Waals surface area contributed by atoms with Crippen LogP contribution in [0.5, 0.6) is 0 Å². The first-order valence-corrected chi connectivity index (χ1v) is 8.90. The number of hydrogen-bond acceptors (Lipinski definition) is 2. The minimum Gasteiger partial charge on any atom is -0.361 e. The molecule has 1 aliphatic heterocycles. The molecule has 0 aromatic carbocycles. The van der Waals surface area contributed by atoms with E-state index in [0.29, 0.717) is 13.2 Å². The first kappa shape index (κ1) is 11.7. The summed E-state index contributed by atoms with van der Waals surface area (Å²) >= 11 is 0. The monoisotopic (exact) mass is 214 g/mol. The van der Waals surface area contributed by atoms with E-state index in [1.165, 1.54) is 0 Å². The minimum absolute atomic E-state index is 0.193. The lowest BCUT2D eigenvalue weighted by molar-refractivity contribution is -0.131. The topological polar surface area (TPSA) is 29.5 Å². The van der Waals surface area contributed by atoms with Gasteiger partial charge >= 0.3 is 0 Å². The molecular weight excluding hydrogens is 194 g/mol. The molecule has 81 valence electrons. The van der Waals surface area contributed by atoms with Gasteiger partial charge in [0.2, 0.25) is 5.91 Å². The molecule has 0 spiro atoms. The molecule has 0 atom stereocenters. The summed E-state index contributed by atoms with van der Waals surface area (Å²) in [4.78, 5) is 12.9. The molecule has 0 bridgehead atoms. The number of likely N-dealkylation sites (tertiary alicyclic amines) is 1. The second kappa shape index (κ2) is 4.93. The van der Waals surface area contributed by atoms with Gasteiger partial charge in [0.05, 0.1) is 6.54 Å². The van der Waals surface area contributed by atoms with Crippen LogP contribution < -0.4 is 0 Å². The van der Waals surface area contributed by atoms with Crippen LogP contribution in [0.2, 0.25) is 25.7 Å². The van der Waals surface area contributed by atoms with Crippen molar-refractivity contribution in [3.8, 4) is 0 Å². The van der Waals surface area contributed by atoms with Crippen LogP contribution in [-0.4, -0.2) is 32.2 Å². The highest BCUT2D eigenvalue weighted by Crippen LogP contribution is 2.14. The molecular formula is C10H20NO2Si. The van der Waals surface area contributed by atoms with Crippen LogP contribution in [0.25, 0.3) is 0 Å². The Labute approximate surface area is 87.4 Å². The van der Waals surface area contributed by atoms with Crippen molar-refractivity contribution in [1.82, 2.24) is 4.90 Å². The summed E-state index contributed by atoms with van der Waals surface area (Å²) in [5.41, 5.74) is 0. The quantitative estimate of drug-likeness (QED) is 0.518. The molecule has 1 amide bonds. The van der Waals surface area contributed by atoms with E-state index in [2.05, 4.69) is 19.6 Å². The molecule has 1 saturated heterocycles. The molecule has 1 fully saturated rings. The van der Waals surface area contributed by atoms with E-state index in [-0.39, 0.29) is 5.91 Å². The van der Waals surface area contributed by atoms with E-state index in [1.54, 1.807) is 4.90 Å². The standard InChI is InChI=1S/C10H20NO2Si/c1-14(2,3)8-7-13-9-11-6-4-5-10(11)12/h6H,4-5,7-9H2,1-3H3. The van der Waals surface area contributed by atoms with Crippen molar-refractivity contribution in [2.24, 2.45) is 0 Å². The van der Waals surface area contributed by atoms with Crippen LogP contribution in [0.15, 0.2) is 0 Å². The van der Waals surface area contributed by atoms with Crippen molar-refractivity contribution in [1.29, 1.82) is 0 Å². The number of rotatable bonds is 5. The third kappa shape index (κ3) is 4.24. The van der Waals surface area contributed by atoms with Crippen molar-refractivity contribution in [2.45, 2.75) is 38.5 Å². The summed E-state index contributed by atoms with van der Waals surface area (Å²) < 4.78 is 5.47. The summed E-state index contributed by atoms with van der Waals surface area (Å²) in [6, 6.07) is 1.16. The van der Waals surface area contributed by atoms with E-state index in [4.69, 9.17) is 4.74 Å². The molecule has 1 heterocycles. The van der Waals surface area contributed by atoms with E-state index < -0.39 is 8.07 Å². The van der Waals surface area contributed by atoms with Gasteiger partial charge in [-0.25, -0.2) is 0 Å². The molecule has 0 aromatic rings. The molecule has 14 heavy (non-hydrogen) atoms. The SMILES string of the molecule is C[Si](C)(C)CCOCN1[CH]CCC1=O. The first-order valence-electron chi connectivity index (χ1n) is 5.19. The van der Waals surface area contributed by atoms with E-state index in [9.17, 15) is 4.79 Å². The smallest absolute Gasteiger partial charge is 0.224 e. The summed E-state index contributed by atoms with van der Waals surface area (Å²) in [6.07, 6.45) is 1.52. The highest BCUT2D eigenvalue weighted by atomic mass is 28.3. The number of nitrogens with zero attached hydrogens (tertiary/aromatic N) is 1. The second-order valence-electron chi connectivity index (χ2n) is 4.93. The van der Waals surface area contributed by atoms with Gasteiger partial charge in [-0.3, -0.25) is 4.79 Å². The van der Waals surface area contributed by atoms with E-state index in [1.807, 2.05) is 6.54 Å². The molecule has 3 nitrogen and oxygen atoms in total. The molecule has 1 rings (SSSR count). The number of carbonyl (C=O) groups excluding carboxylic acids is 1. The molecule has 4 heteroatoms. The minimum atomic E-state index is -0.990. The highest BCUT2D eigenvalue weighted by Gasteiger charge is 2.20. The third-order valence-corrected chi connectivity index (χ3v) is 3.96. The molecule has 1 aliphatic rings. The Bertz CT molecular complexity index is 201. The van der Waals surface area contributed by atoms with Gasteiger partial charge < -0.3 is 9.64 Å². The molecule has 0 unspecified atom stereocenters.